The van der Waals surface area contributed by atoms with Crippen LogP contribution in [0.4, 0.5) is 0 Å². The van der Waals surface area contributed by atoms with Crippen LogP contribution in [0.5, 0.6) is 17.2 Å². The first-order valence-corrected chi connectivity index (χ1v) is 9.17. The zero-order valence-corrected chi connectivity index (χ0v) is 15.8. The van der Waals surface area contributed by atoms with E-state index in [1.165, 1.54) is 6.07 Å². The van der Waals surface area contributed by atoms with Crippen molar-refractivity contribution in [1.29, 1.82) is 0 Å². The predicted octanol–water partition coefficient (Wildman–Crippen LogP) is 4.48. The van der Waals surface area contributed by atoms with E-state index in [1.54, 1.807) is 24.3 Å². The molecule has 3 aromatic rings. The Morgan fingerprint density at radius 2 is 1.52 bits per heavy atom. The number of carbonyl (C=O) groups is 2. The maximum atomic E-state index is 12.2. The number of terminal acetylenes is 1. The van der Waals surface area contributed by atoms with Crippen molar-refractivity contribution >= 4 is 11.6 Å². The summed E-state index contributed by atoms with van der Waals surface area (Å²) in [6.45, 7) is 0. The van der Waals surface area contributed by atoms with Crippen molar-refractivity contribution in [2.75, 3.05) is 0 Å². The average Bonchev–Trinajstić information content (AvgIpc) is 2.71. The smallest absolute Gasteiger partial charge is 0.144 e. The quantitative estimate of drug-likeness (QED) is 0.459. The molecule has 0 fully saturated rings. The van der Waals surface area contributed by atoms with Crippen LogP contribution in [0.3, 0.4) is 0 Å². The highest BCUT2D eigenvalue weighted by molar-refractivity contribution is 6.00. The summed E-state index contributed by atoms with van der Waals surface area (Å²) in [6.07, 6.45) is 5.25. The maximum Gasteiger partial charge on any atom is 0.144 e. The van der Waals surface area contributed by atoms with Crippen LogP contribution in [0, 0.1) is 12.3 Å². The summed E-state index contributed by atoms with van der Waals surface area (Å²) in [4.78, 5) is 24.4. The van der Waals surface area contributed by atoms with E-state index in [9.17, 15) is 14.7 Å². The Morgan fingerprint density at radius 3 is 2.17 bits per heavy atom. The summed E-state index contributed by atoms with van der Waals surface area (Å²) in [5.74, 6) is 3.37. The summed E-state index contributed by atoms with van der Waals surface area (Å²) in [6, 6.07) is 21.3. The second kappa shape index (κ2) is 9.38. The van der Waals surface area contributed by atoms with E-state index in [0.29, 0.717) is 16.9 Å². The monoisotopic (exact) mass is 384 g/mol. The molecule has 0 aliphatic carbocycles. The zero-order chi connectivity index (χ0) is 20.6. The van der Waals surface area contributed by atoms with Gasteiger partial charge in [-0.3, -0.25) is 9.59 Å². The van der Waals surface area contributed by atoms with E-state index in [-0.39, 0.29) is 36.6 Å². The highest BCUT2D eigenvalue weighted by Gasteiger charge is 2.13. The molecule has 0 unspecified atom stereocenters. The van der Waals surface area contributed by atoms with Gasteiger partial charge in [-0.2, -0.15) is 0 Å². The van der Waals surface area contributed by atoms with Gasteiger partial charge in [-0.05, 0) is 42.0 Å². The van der Waals surface area contributed by atoms with Gasteiger partial charge in [0, 0.05) is 24.0 Å². The van der Waals surface area contributed by atoms with Crippen LogP contribution in [0.15, 0.2) is 72.8 Å². The van der Waals surface area contributed by atoms with E-state index in [0.717, 1.165) is 11.3 Å². The fourth-order valence-electron chi connectivity index (χ4n) is 2.89. The summed E-state index contributed by atoms with van der Waals surface area (Å²) in [7, 11) is 0. The summed E-state index contributed by atoms with van der Waals surface area (Å²) in [5.41, 5.74) is 1.81. The largest absolute Gasteiger partial charge is 0.508 e. The molecule has 0 aliphatic rings. The maximum absolute atomic E-state index is 12.2. The number of phenolic OH excluding ortho intramolecular Hbond substituents is 1. The molecule has 0 heterocycles. The summed E-state index contributed by atoms with van der Waals surface area (Å²) < 4.78 is 5.72. The number of phenols is 1. The Hall–Kier alpha value is -3.84. The van der Waals surface area contributed by atoms with Gasteiger partial charge in [-0.15, -0.1) is 6.42 Å². The van der Waals surface area contributed by atoms with Crippen molar-refractivity contribution in [3.8, 4) is 29.6 Å². The lowest BCUT2D eigenvalue weighted by Gasteiger charge is -2.07. The first-order chi connectivity index (χ1) is 14.0. The number of ketones is 2. The Morgan fingerprint density at radius 1 is 0.862 bits per heavy atom. The van der Waals surface area contributed by atoms with Crippen LogP contribution in [0.1, 0.15) is 23.1 Å². The molecule has 0 bridgehead atoms. The first kappa shape index (κ1) is 19.9. The van der Waals surface area contributed by atoms with Crippen LogP contribution < -0.4 is 4.74 Å². The third kappa shape index (κ3) is 5.82. The number of carbonyl (C=O) groups excluding carboxylic acids is 2. The lowest BCUT2D eigenvalue weighted by Crippen LogP contribution is -2.12. The van der Waals surface area contributed by atoms with Gasteiger partial charge in [0.25, 0.3) is 0 Å². The fraction of sp³-hybridized carbons (Fsp3) is 0.120. The molecule has 144 valence electrons. The van der Waals surface area contributed by atoms with E-state index in [2.05, 4.69) is 5.92 Å². The zero-order valence-electron chi connectivity index (χ0n) is 15.8. The van der Waals surface area contributed by atoms with Gasteiger partial charge in [0.2, 0.25) is 0 Å². The van der Waals surface area contributed by atoms with Gasteiger partial charge < -0.3 is 9.84 Å². The van der Waals surface area contributed by atoms with E-state index >= 15 is 0 Å². The summed E-state index contributed by atoms with van der Waals surface area (Å²) in [5, 5.41) is 9.93. The number of ether oxygens (including phenoxy) is 1. The van der Waals surface area contributed by atoms with Crippen LogP contribution >= 0.6 is 0 Å². The lowest BCUT2D eigenvalue weighted by atomic mass is 10.00. The number of aromatic hydroxyl groups is 1. The van der Waals surface area contributed by atoms with Crippen molar-refractivity contribution < 1.29 is 19.4 Å². The van der Waals surface area contributed by atoms with E-state index in [4.69, 9.17) is 11.2 Å². The van der Waals surface area contributed by atoms with Crippen molar-refractivity contribution in [3.63, 3.8) is 0 Å². The van der Waals surface area contributed by atoms with Crippen LogP contribution in [0.25, 0.3) is 0 Å². The molecule has 0 atom stereocenters. The molecular weight excluding hydrogens is 364 g/mol. The topological polar surface area (TPSA) is 63.6 Å². The second-order valence-corrected chi connectivity index (χ2v) is 6.65. The van der Waals surface area contributed by atoms with Crippen molar-refractivity contribution in [3.05, 3.63) is 89.5 Å². The molecule has 0 aliphatic heterocycles. The van der Waals surface area contributed by atoms with Gasteiger partial charge in [0.1, 0.15) is 28.8 Å². The van der Waals surface area contributed by atoms with Gasteiger partial charge in [-0.1, -0.05) is 42.3 Å². The van der Waals surface area contributed by atoms with Crippen LogP contribution in [-0.2, 0) is 22.4 Å². The van der Waals surface area contributed by atoms with Crippen LogP contribution in [0.2, 0.25) is 0 Å². The molecular formula is C25H20O4. The van der Waals surface area contributed by atoms with Gasteiger partial charge in [0.05, 0.1) is 6.42 Å². The Balaban J connectivity index is 1.52. The molecule has 0 saturated heterocycles. The minimum Gasteiger partial charge on any atom is -0.508 e. The third-order valence-corrected chi connectivity index (χ3v) is 4.34. The number of hydrogen-bond acceptors (Lipinski definition) is 4. The van der Waals surface area contributed by atoms with E-state index < -0.39 is 0 Å². The lowest BCUT2D eigenvalue weighted by molar-refractivity contribution is -0.126. The minimum absolute atomic E-state index is 0.00766. The molecule has 0 spiro atoms. The first-order valence-electron chi connectivity index (χ1n) is 9.17. The highest BCUT2D eigenvalue weighted by atomic mass is 16.5. The second-order valence-electron chi connectivity index (χ2n) is 6.65. The molecule has 3 aromatic carbocycles. The number of para-hydroxylation sites is 1. The van der Waals surface area contributed by atoms with Crippen LogP contribution in [-0.4, -0.2) is 16.7 Å². The Kier molecular flexibility index (Phi) is 6.44. The molecule has 0 radical (unpaired) electrons. The number of benzene rings is 3. The normalized spacial score (nSPS) is 10.2. The number of hydrogen-bond donors (Lipinski definition) is 1. The number of Topliss-reactive ketones (excluding diaryl/α,β-unsaturated/α-hetero) is 2. The number of rotatable bonds is 8. The van der Waals surface area contributed by atoms with Crippen molar-refractivity contribution in [1.82, 2.24) is 0 Å². The standard InChI is InChI=1S/C25H20O4/c1-2-18-8-11-20(25(28)15-18)16-22(27)17-21(26)14-19-9-12-24(13-10-19)29-23-6-4-3-5-7-23/h1,3-13,15,28H,14,16-17H2. The highest BCUT2D eigenvalue weighted by Crippen LogP contribution is 2.22. The molecule has 0 saturated carbocycles. The molecule has 29 heavy (non-hydrogen) atoms. The Labute approximate surface area is 169 Å². The summed E-state index contributed by atoms with van der Waals surface area (Å²) >= 11 is 0. The van der Waals surface area contributed by atoms with Gasteiger partial charge >= 0.3 is 0 Å². The third-order valence-electron chi connectivity index (χ3n) is 4.34. The molecule has 0 amide bonds. The van der Waals surface area contributed by atoms with E-state index in [1.807, 2.05) is 42.5 Å². The average molecular weight is 384 g/mol. The SMILES string of the molecule is C#Cc1ccc(CC(=O)CC(=O)Cc2ccc(Oc3ccccc3)cc2)c(O)c1. The Bertz CT molecular complexity index is 1040. The predicted molar refractivity (Wildman–Crippen MR) is 111 cm³/mol. The fourth-order valence-corrected chi connectivity index (χ4v) is 2.89. The van der Waals surface area contributed by atoms with Gasteiger partial charge in [-0.25, -0.2) is 0 Å². The molecule has 0 aromatic heterocycles. The minimum atomic E-state index is -0.247. The molecule has 4 heteroatoms. The molecule has 4 nitrogen and oxygen atoms in total. The van der Waals surface area contributed by atoms with Crippen molar-refractivity contribution in [2.24, 2.45) is 0 Å². The van der Waals surface area contributed by atoms with Gasteiger partial charge in [0.15, 0.2) is 0 Å². The van der Waals surface area contributed by atoms with Crippen molar-refractivity contribution in [2.45, 2.75) is 19.3 Å². The molecule has 3 rings (SSSR count). The molecule has 1 N–H and O–H groups in total.